The van der Waals surface area contributed by atoms with Crippen LogP contribution in [0.4, 0.5) is 5.69 Å². The van der Waals surface area contributed by atoms with Crippen molar-refractivity contribution in [3.05, 3.63) is 59.7 Å². The highest BCUT2D eigenvalue weighted by molar-refractivity contribution is 5.97. The summed E-state index contributed by atoms with van der Waals surface area (Å²) in [7, 11) is 0. The van der Waals surface area contributed by atoms with Crippen LogP contribution in [0.2, 0.25) is 0 Å². The molecule has 0 spiro atoms. The zero-order valence-electron chi connectivity index (χ0n) is 15.6. The van der Waals surface area contributed by atoms with E-state index in [0.29, 0.717) is 42.7 Å². The summed E-state index contributed by atoms with van der Waals surface area (Å²) in [5.41, 5.74) is 1.52. The van der Waals surface area contributed by atoms with E-state index < -0.39 is 0 Å². The van der Waals surface area contributed by atoms with Crippen molar-refractivity contribution in [3.8, 4) is 5.75 Å². The molecule has 0 unspecified atom stereocenters. The van der Waals surface area contributed by atoms with Gasteiger partial charge in [0.15, 0.2) is 0 Å². The SMILES string of the molecule is CC(=O)Nc1cccc(C(=O)N2CCC(NC(=O)c3cccc(O)c3)CC2)c1. The molecule has 3 N–H and O–H groups in total. The van der Waals surface area contributed by atoms with Gasteiger partial charge in [0.05, 0.1) is 0 Å². The molecular formula is C21H23N3O4. The molecule has 0 saturated carbocycles. The molecule has 1 fully saturated rings. The van der Waals surface area contributed by atoms with E-state index in [-0.39, 0.29) is 29.5 Å². The predicted molar refractivity (Wildman–Crippen MR) is 105 cm³/mol. The molecule has 0 aliphatic carbocycles. The summed E-state index contributed by atoms with van der Waals surface area (Å²) < 4.78 is 0. The molecule has 2 aromatic rings. The molecule has 1 aliphatic rings. The Bertz CT molecular complexity index is 889. The third kappa shape index (κ3) is 4.88. The van der Waals surface area contributed by atoms with Crippen molar-refractivity contribution in [2.24, 2.45) is 0 Å². The number of likely N-dealkylation sites (tertiary alicyclic amines) is 1. The van der Waals surface area contributed by atoms with Gasteiger partial charge in [0.25, 0.3) is 11.8 Å². The number of anilines is 1. The number of carbonyl (C=O) groups is 3. The fraction of sp³-hybridized carbons (Fsp3) is 0.286. The number of rotatable bonds is 4. The quantitative estimate of drug-likeness (QED) is 0.757. The van der Waals surface area contributed by atoms with Crippen LogP contribution in [0.3, 0.4) is 0 Å². The van der Waals surface area contributed by atoms with Crippen LogP contribution in [-0.4, -0.2) is 46.9 Å². The van der Waals surface area contributed by atoms with E-state index in [4.69, 9.17) is 0 Å². The first-order valence-corrected chi connectivity index (χ1v) is 9.19. The van der Waals surface area contributed by atoms with Crippen molar-refractivity contribution >= 4 is 23.4 Å². The number of phenols is 1. The minimum absolute atomic E-state index is 0.0235. The minimum Gasteiger partial charge on any atom is -0.508 e. The summed E-state index contributed by atoms with van der Waals surface area (Å²) in [6.07, 6.45) is 1.31. The van der Waals surface area contributed by atoms with Crippen molar-refractivity contribution in [2.75, 3.05) is 18.4 Å². The second-order valence-corrected chi connectivity index (χ2v) is 6.85. The lowest BCUT2D eigenvalue weighted by Gasteiger charge is -2.32. The van der Waals surface area contributed by atoms with Gasteiger partial charge in [0.2, 0.25) is 5.91 Å². The molecule has 1 saturated heterocycles. The Labute approximate surface area is 163 Å². The molecule has 7 nitrogen and oxygen atoms in total. The second-order valence-electron chi connectivity index (χ2n) is 6.85. The van der Waals surface area contributed by atoms with Crippen LogP contribution in [-0.2, 0) is 4.79 Å². The van der Waals surface area contributed by atoms with Crippen LogP contribution >= 0.6 is 0 Å². The van der Waals surface area contributed by atoms with Gasteiger partial charge < -0.3 is 20.6 Å². The maximum atomic E-state index is 12.7. The fourth-order valence-corrected chi connectivity index (χ4v) is 3.26. The highest BCUT2D eigenvalue weighted by Gasteiger charge is 2.25. The number of benzene rings is 2. The van der Waals surface area contributed by atoms with Gasteiger partial charge in [-0.05, 0) is 49.2 Å². The molecule has 3 rings (SSSR count). The largest absolute Gasteiger partial charge is 0.508 e. The molecule has 146 valence electrons. The van der Waals surface area contributed by atoms with Gasteiger partial charge >= 0.3 is 0 Å². The van der Waals surface area contributed by atoms with E-state index in [2.05, 4.69) is 10.6 Å². The summed E-state index contributed by atoms with van der Waals surface area (Å²) >= 11 is 0. The Kier molecular flexibility index (Phi) is 5.93. The molecule has 1 heterocycles. The van der Waals surface area contributed by atoms with Gasteiger partial charge in [-0.3, -0.25) is 14.4 Å². The number of piperidine rings is 1. The van der Waals surface area contributed by atoms with Gasteiger partial charge in [-0.15, -0.1) is 0 Å². The number of aromatic hydroxyl groups is 1. The summed E-state index contributed by atoms with van der Waals surface area (Å²) in [6, 6.07) is 13.1. The third-order valence-corrected chi connectivity index (χ3v) is 4.66. The minimum atomic E-state index is -0.233. The van der Waals surface area contributed by atoms with Crippen LogP contribution in [0, 0.1) is 0 Å². The number of hydrogen-bond acceptors (Lipinski definition) is 4. The molecule has 2 aromatic carbocycles. The molecule has 28 heavy (non-hydrogen) atoms. The standard InChI is InChI=1S/C21H23N3O4/c1-14(25)22-18-6-2-5-16(12-18)21(28)24-10-8-17(9-11-24)23-20(27)15-4-3-7-19(26)13-15/h2-7,12-13,17,26H,8-11H2,1H3,(H,22,25)(H,23,27). The average molecular weight is 381 g/mol. The van der Waals surface area contributed by atoms with E-state index >= 15 is 0 Å². The van der Waals surface area contributed by atoms with Crippen molar-refractivity contribution in [3.63, 3.8) is 0 Å². The lowest BCUT2D eigenvalue weighted by atomic mass is 10.0. The van der Waals surface area contributed by atoms with E-state index in [1.54, 1.807) is 41.3 Å². The number of hydrogen-bond donors (Lipinski definition) is 3. The fourth-order valence-electron chi connectivity index (χ4n) is 3.26. The number of nitrogens with one attached hydrogen (secondary N) is 2. The first kappa shape index (κ1) is 19.4. The summed E-state index contributed by atoms with van der Waals surface area (Å²) in [4.78, 5) is 38.0. The maximum Gasteiger partial charge on any atom is 0.253 e. The lowest BCUT2D eigenvalue weighted by molar-refractivity contribution is -0.114. The van der Waals surface area contributed by atoms with Crippen LogP contribution in [0.25, 0.3) is 0 Å². The van der Waals surface area contributed by atoms with Gasteiger partial charge in [-0.1, -0.05) is 12.1 Å². The molecule has 7 heteroatoms. The van der Waals surface area contributed by atoms with Crippen molar-refractivity contribution in [1.82, 2.24) is 10.2 Å². The van der Waals surface area contributed by atoms with Crippen molar-refractivity contribution in [2.45, 2.75) is 25.8 Å². The molecule has 0 bridgehead atoms. The first-order valence-electron chi connectivity index (χ1n) is 9.19. The zero-order chi connectivity index (χ0) is 20.1. The van der Waals surface area contributed by atoms with Gasteiger partial charge in [-0.25, -0.2) is 0 Å². The summed E-state index contributed by atoms with van der Waals surface area (Å²) in [6.45, 7) is 2.49. The van der Waals surface area contributed by atoms with Gasteiger partial charge in [0, 0.05) is 42.9 Å². The van der Waals surface area contributed by atoms with Crippen LogP contribution < -0.4 is 10.6 Å². The number of phenolic OH excluding ortho intramolecular Hbond substituents is 1. The summed E-state index contributed by atoms with van der Waals surface area (Å²) in [5, 5.41) is 15.1. The number of nitrogens with zero attached hydrogens (tertiary/aromatic N) is 1. The normalized spacial score (nSPS) is 14.4. The Balaban J connectivity index is 1.55. The number of carbonyl (C=O) groups excluding carboxylic acids is 3. The molecule has 3 amide bonds. The highest BCUT2D eigenvalue weighted by atomic mass is 16.3. The third-order valence-electron chi connectivity index (χ3n) is 4.66. The first-order chi connectivity index (χ1) is 13.4. The predicted octanol–water partition coefficient (Wildman–Crippen LogP) is 2.39. The Morgan fingerprint density at radius 1 is 1.00 bits per heavy atom. The molecule has 0 atom stereocenters. The topological polar surface area (TPSA) is 98.7 Å². The maximum absolute atomic E-state index is 12.7. The Morgan fingerprint density at radius 2 is 1.68 bits per heavy atom. The smallest absolute Gasteiger partial charge is 0.253 e. The molecule has 0 radical (unpaired) electrons. The molecule has 1 aliphatic heterocycles. The van der Waals surface area contributed by atoms with Gasteiger partial charge in [0.1, 0.15) is 5.75 Å². The zero-order valence-corrected chi connectivity index (χ0v) is 15.6. The van der Waals surface area contributed by atoms with Crippen molar-refractivity contribution in [1.29, 1.82) is 0 Å². The van der Waals surface area contributed by atoms with E-state index in [0.717, 1.165) is 0 Å². The van der Waals surface area contributed by atoms with E-state index in [9.17, 15) is 19.5 Å². The van der Waals surface area contributed by atoms with Gasteiger partial charge in [-0.2, -0.15) is 0 Å². The lowest BCUT2D eigenvalue weighted by Crippen LogP contribution is -2.46. The van der Waals surface area contributed by atoms with Crippen LogP contribution in [0.5, 0.6) is 5.75 Å². The molecule has 0 aromatic heterocycles. The highest BCUT2D eigenvalue weighted by Crippen LogP contribution is 2.18. The van der Waals surface area contributed by atoms with E-state index in [1.807, 2.05) is 0 Å². The van der Waals surface area contributed by atoms with Crippen LogP contribution in [0.15, 0.2) is 48.5 Å². The average Bonchev–Trinajstić information content (AvgIpc) is 2.68. The van der Waals surface area contributed by atoms with Crippen LogP contribution in [0.1, 0.15) is 40.5 Å². The summed E-state index contributed by atoms with van der Waals surface area (Å²) in [5.74, 6) is -0.462. The monoisotopic (exact) mass is 381 g/mol. The Hall–Kier alpha value is -3.35. The van der Waals surface area contributed by atoms with E-state index in [1.165, 1.54) is 19.1 Å². The Morgan fingerprint density at radius 3 is 2.36 bits per heavy atom. The molecular weight excluding hydrogens is 358 g/mol. The number of amides is 3. The second kappa shape index (κ2) is 8.56. The van der Waals surface area contributed by atoms with Crippen molar-refractivity contribution < 1.29 is 19.5 Å².